The topological polar surface area (TPSA) is 80.9 Å². The number of nitrogens with two attached hydrogens (primary N) is 1. The Hall–Kier alpha value is -2.47. The van der Waals surface area contributed by atoms with Gasteiger partial charge in [-0.3, -0.25) is 4.79 Å². The van der Waals surface area contributed by atoms with Crippen molar-refractivity contribution in [2.75, 3.05) is 5.73 Å². The Morgan fingerprint density at radius 2 is 2.19 bits per heavy atom. The van der Waals surface area contributed by atoms with Gasteiger partial charge in [0.1, 0.15) is 10.7 Å². The summed E-state index contributed by atoms with van der Waals surface area (Å²) < 4.78 is 0. The first-order valence-corrected chi connectivity index (χ1v) is 7.38. The third-order valence-electron chi connectivity index (χ3n) is 3.15. The van der Waals surface area contributed by atoms with Gasteiger partial charge in [0.2, 0.25) is 0 Å². The lowest BCUT2D eigenvalue weighted by Gasteiger charge is -2.11. The number of nitrogens with zero attached hydrogens (tertiary/aromatic N) is 2. The first-order valence-electron chi connectivity index (χ1n) is 6.50. The molecule has 1 atom stereocenters. The van der Waals surface area contributed by atoms with E-state index >= 15 is 0 Å². The smallest absolute Gasteiger partial charge is 0.270 e. The SMILES string of the molecule is CC(NC(=O)c1cc(N)c2ccccc2n1)c1nccs1. The molecule has 0 aliphatic carbocycles. The average Bonchev–Trinajstić information content (AvgIpc) is 3.01. The number of carbonyl (C=O) groups is 1. The van der Waals surface area contributed by atoms with Crippen LogP contribution in [0.4, 0.5) is 5.69 Å². The van der Waals surface area contributed by atoms with Gasteiger partial charge in [-0.25, -0.2) is 9.97 Å². The number of pyridine rings is 1. The van der Waals surface area contributed by atoms with Crippen LogP contribution in [0.3, 0.4) is 0 Å². The molecule has 3 N–H and O–H groups in total. The maximum Gasteiger partial charge on any atom is 0.270 e. The van der Waals surface area contributed by atoms with E-state index in [1.165, 1.54) is 11.3 Å². The molecule has 2 heterocycles. The maximum absolute atomic E-state index is 12.3. The first kappa shape index (κ1) is 13.5. The van der Waals surface area contributed by atoms with E-state index in [9.17, 15) is 4.79 Å². The molecule has 2 aromatic heterocycles. The van der Waals surface area contributed by atoms with Gasteiger partial charge in [0.15, 0.2) is 0 Å². The number of aromatic nitrogens is 2. The molecular weight excluding hydrogens is 284 g/mol. The number of hydrogen-bond donors (Lipinski definition) is 2. The summed E-state index contributed by atoms with van der Waals surface area (Å²) in [4.78, 5) is 20.8. The van der Waals surface area contributed by atoms with E-state index in [-0.39, 0.29) is 11.9 Å². The number of thiazole rings is 1. The lowest BCUT2D eigenvalue weighted by molar-refractivity contribution is 0.0935. The van der Waals surface area contributed by atoms with Gasteiger partial charge in [0.25, 0.3) is 5.91 Å². The lowest BCUT2D eigenvalue weighted by Crippen LogP contribution is -2.27. The Kier molecular flexibility index (Phi) is 3.53. The number of rotatable bonds is 3. The molecular formula is C15H14N4OS. The molecule has 0 saturated carbocycles. The molecule has 0 aliphatic rings. The quantitative estimate of drug-likeness (QED) is 0.779. The van der Waals surface area contributed by atoms with E-state index in [0.29, 0.717) is 16.9 Å². The molecule has 0 saturated heterocycles. The molecule has 0 aliphatic heterocycles. The van der Waals surface area contributed by atoms with Crippen molar-refractivity contribution < 1.29 is 4.79 Å². The second-order valence-electron chi connectivity index (χ2n) is 4.68. The molecule has 0 bridgehead atoms. The molecule has 0 fully saturated rings. The van der Waals surface area contributed by atoms with Crippen molar-refractivity contribution in [3.05, 3.63) is 52.6 Å². The van der Waals surface area contributed by atoms with Crippen LogP contribution in [0.15, 0.2) is 41.9 Å². The van der Waals surface area contributed by atoms with Crippen LogP contribution in [-0.4, -0.2) is 15.9 Å². The van der Waals surface area contributed by atoms with Gasteiger partial charge < -0.3 is 11.1 Å². The molecule has 21 heavy (non-hydrogen) atoms. The van der Waals surface area contributed by atoms with Gasteiger partial charge in [0, 0.05) is 22.7 Å². The van der Waals surface area contributed by atoms with Gasteiger partial charge in [-0.2, -0.15) is 0 Å². The second-order valence-corrected chi connectivity index (χ2v) is 5.61. The van der Waals surface area contributed by atoms with Gasteiger partial charge in [-0.05, 0) is 19.1 Å². The van der Waals surface area contributed by atoms with Crippen LogP contribution < -0.4 is 11.1 Å². The van der Waals surface area contributed by atoms with Crippen LogP contribution in [0.1, 0.15) is 28.5 Å². The monoisotopic (exact) mass is 298 g/mol. The highest BCUT2D eigenvalue weighted by molar-refractivity contribution is 7.09. The zero-order valence-electron chi connectivity index (χ0n) is 11.4. The Labute approximate surface area is 125 Å². The first-order chi connectivity index (χ1) is 10.1. The molecule has 5 nitrogen and oxygen atoms in total. The fourth-order valence-corrected chi connectivity index (χ4v) is 2.75. The molecule has 1 aromatic carbocycles. The van der Waals surface area contributed by atoms with Gasteiger partial charge >= 0.3 is 0 Å². The summed E-state index contributed by atoms with van der Waals surface area (Å²) in [5.74, 6) is -0.254. The van der Waals surface area contributed by atoms with Crippen LogP contribution in [0.2, 0.25) is 0 Å². The van der Waals surface area contributed by atoms with E-state index in [1.54, 1.807) is 12.3 Å². The second kappa shape index (κ2) is 5.49. The van der Waals surface area contributed by atoms with Crippen molar-refractivity contribution in [3.63, 3.8) is 0 Å². The number of nitrogen functional groups attached to an aromatic ring is 1. The summed E-state index contributed by atoms with van der Waals surface area (Å²) in [6.07, 6.45) is 1.72. The van der Waals surface area contributed by atoms with E-state index in [1.807, 2.05) is 36.6 Å². The highest BCUT2D eigenvalue weighted by Crippen LogP contribution is 2.21. The Balaban J connectivity index is 1.88. The summed E-state index contributed by atoms with van der Waals surface area (Å²) in [7, 11) is 0. The Morgan fingerprint density at radius 3 is 2.95 bits per heavy atom. The van der Waals surface area contributed by atoms with Crippen LogP contribution in [0.5, 0.6) is 0 Å². The minimum atomic E-state index is -0.254. The molecule has 0 spiro atoms. The van der Waals surface area contributed by atoms with Gasteiger partial charge in [-0.1, -0.05) is 18.2 Å². The summed E-state index contributed by atoms with van der Waals surface area (Å²) in [6.45, 7) is 1.89. The molecule has 3 rings (SSSR count). The molecule has 1 unspecified atom stereocenters. The summed E-state index contributed by atoms with van der Waals surface area (Å²) in [5, 5.41) is 6.47. The fraction of sp³-hybridized carbons (Fsp3) is 0.133. The maximum atomic E-state index is 12.3. The predicted octanol–water partition coefficient (Wildman–Crippen LogP) is 2.76. The zero-order chi connectivity index (χ0) is 14.8. The number of carbonyl (C=O) groups excluding carboxylic acids is 1. The number of hydrogen-bond acceptors (Lipinski definition) is 5. The van der Waals surface area contributed by atoms with Crippen molar-refractivity contribution >= 4 is 33.8 Å². The summed E-state index contributed by atoms with van der Waals surface area (Å²) >= 11 is 1.50. The van der Waals surface area contributed by atoms with E-state index in [0.717, 1.165) is 10.4 Å². The van der Waals surface area contributed by atoms with Gasteiger partial charge in [0.05, 0.1) is 11.6 Å². The van der Waals surface area contributed by atoms with Crippen molar-refractivity contribution in [2.45, 2.75) is 13.0 Å². The molecule has 0 radical (unpaired) electrons. The number of anilines is 1. The predicted molar refractivity (Wildman–Crippen MR) is 84.2 cm³/mol. The number of benzene rings is 1. The molecule has 3 aromatic rings. The Bertz CT molecular complexity index is 785. The summed E-state index contributed by atoms with van der Waals surface area (Å²) in [5.41, 5.74) is 7.57. The van der Waals surface area contributed by atoms with Crippen molar-refractivity contribution in [1.29, 1.82) is 0 Å². The largest absolute Gasteiger partial charge is 0.398 e. The lowest BCUT2D eigenvalue weighted by atomic mass is 10.1. The molecule has 106 valence electrons. The minimum absolute atomic E-state index is 0.160. The summed E-state index contributed by atoms with van der Waals surface area (Å²) in [6, 6.07) is 8.93. The third-order valence-corrected chi connectivity index (χ3v) is 4.11. The number of fused-ring (bicyclic) bond motifs is 1. The van der Waals surface area contributed by atoms with Crippen LogP contribution in [-0.2, 0) is 0 Å². The van der Waals surface area contributed by atoms with Gasteiger partial charge in [-0.15, -0.1) is 11.3 Å². The number of nitrogens with one attached hydrogen (secondary N) is 1. The highest BCUT2D eigenvalue weighted by Gasteiger charge is 2.15. The zero-order valence-corrected chi connectivity index (χ0v) is 12.2. The van der Waals surface area contributed by atoms with E-state index < -0.39 is 0 Å². The Morgan fingerprint density at radius 1 is 1.38 bits per heavy atom. The third kappa shape index (κ3) is 2.71. The van der Waals surface area contributed by atoms with E-state index in [2.05, 4.69) is 15.3 Å². The van der Waals surface area contributed by atoms with Crippen molar-refractivity contribution in [1.82, 2.24) is 15.3 Å². The standard InChI is InChI=1S/C15H14N4OS/c1-9(15-17-6-7-21-15)18-14(20)13-8-11(16)10-4-2-3-5-12(10)19-13/h2-9H,1H3,(H2,16,19)(H,18,20). The minimum Gasteiger partial charge on any atom is -0.398 e. The number of para-hydroxylation sites is 1. The highest BCUT2D eigenvalue weighted by atomic mass is 32.1. The van der Waals surface area contributed by atoms with Crippen molar-refractivity contribution in [2.24, 2.45) is 0 Å². The van der Waals surface area contributed by atoms with Crippen LogP contribution in [0.25, 0.3) is 10.9 Å². The van der Waals surface area contributed by atoms with E-state index in [4.69, 9.17) is 5.73 Å². The van der Waals surface area contributed by atoms with Crippen molar-refractivity contribution in [3.8, 4) is 0 Å². The fourth-order valence-electron chi connectivity index (χ4n) is 2.10. The average molecular weight is 298 g/mol. The van der Waals surface area contributed by atoms with Crippen LogP contribution in [0, 0.1) is 0 Å². The molecule has 6 heteroatoms. The molecule has 1 amide bonds. The number of amides is 1. The normalized spacial score (nSPS) is 12.2. The van der Waals surface area contributed by atoms with Crippen LogP contribution >= 0.6 is 11.3 Å².